The third kappa shape index (κ3) is 6.15. The largest absolute Gasteiger partial charge is 0.352 e. The molecule has 0 aliphatic carbocycles. The molecule has 11 heteroatoms. The molecule has 0 aromatic heterocycles. The number of methoxy groups -OCH3 is 6. The summed E-state index contributed by atoms with van der Waals surface area (Å²) in [6, 6.07) is 0. The van der Waals surface area contributed by atoms with Crippen molar-refractivity contribution in [2.24, 2.45) is 0 Å². The molecule has 0 spiro atoms. The van der Waals surface area contributed by atoms with E-state index in [4.69, 9.17) is 37.9 Å². The molecule has 2 unspecified atom stereocenters. The lowest BCUT2D eigenvalue weighted by Gasteiger charge is -2.58. The summed E-state index contributed by atoms with van der Waals surface area (Å²) in [6.07, 6.45) is 3.74. The van der Waals surface area contributed by atoms with Gasteiger partial charge in [0.05, 0.1) is 20.5 Å². The number of rotatable bonds is 19. The normalized spacial score (nSPS) is 17.2. The Morgan fingerprint density at radius 3 is 1.10 bits per heavy atom. The SMILES string of the molecule is CCCCOC([SiH3])(OC)C(OC)(OC)N(CC)C(OC)(OC)C([SiH3])(OC)OCCCC. The Kier molecular flexibility index (Phi) is 14.4. The predicted octanol–water partition coefficient (Wildman–Crippen LogP) is 0.166. The molecule has 0 radical (unpaired) electrons. The Hall–Kier alpha value is 0.0738. The van der Waals surface area contributed by atoms with Gasteiger partial charge in [0.25, 0.3) is 11.8 Å². The van der Waals surface area contributed by atoms with Crippen molar-refractivity contribution in [3.63, 3.8) is 0 Å². The number of nitrogens with zero attached hydrogens (tertiary/aromatic N) is 1. The van der Waals surface area contributed by atoms with E-state index < -0.39 is 22.6 Å². The number of ether oxygens (including phenoxy) is 8. The van der Waals surface area contributed by atoms with Crippen LogP contribution < -0.4 is 0 Å². The Bertz CT molecular complexity index is 442. The quantitative estimate of drug-likeness (QED) is 0.144. The van der Waals surface area contributed by atoms with Gasteiger partial charge in [-0.2, -0.15) is 4.90 Å². The fourth-order valence-electron chi connectivity index (χ4n) is 3.83. The summed E-state index contributed by atoms with van der Waals surface area (Å²) in [5, 5.41) is 0. The summed E-state index contributed by atoms with van der Waals surface area (Å²) in [6.45, 7) is 7.55. The van der Waals surface area contributed by atoms with Crippen molar-refractivity contribution in [2.45, 2.75) is 69.1 Å². The van der Waals surface area contributed by atoms with Crippen molar-refractivity contribution in [3.8, 4) is 0 Å². The fraction of sp³-hybridized carbons (Fsp3) is 1.00. The highest BCUT2D eigenvalue weighted by atomic mass is 28.2. The molecule has 31 heavy (non-hydrogen) atoms. The van der Waals surface area contributed by atoms with E-state index >= 15 is 0 Å². The van der Waals surface area contributed by atoms with E-state index in [1.165, 1.54) is 0 Å². The molecule has 0 aromatic rings. The molecule has 9 nitrogen and oxygen atoms in total. The van der Waals surface area contributed by atoms with E-state index in [0.29, 0.717) is 40.2 Å². The second-order valence-corrected chi connectivity index (χ2v) is 10.1. The summed E-state index contributed by atoms with van der Waals surface area (Å²) in [4.78, 5) is 1.78. The minimum absolute atomic E-state index is 0.401. The first-order valence-electron chi connectivity index (χ1n) is 11.0. The molecule has 0 aromatic carbocycles. The van der Waals surface area contributed by atoms with Gasteiger partial charge in [0.2, 0.25) is 10.8 Å². The Morgan fingerprint density at radius 1 is 0.581 bits per heavy atom. The molecule has 0 saturated heterocycles. The highest BCUT2D eigenvalue weighted by Crippen LogP contribution is 2.43. The average Bonchev–Trinajstić information content (AvgIpc) is 2.79. The Morgan fingerprint density at radius 2 is 0.903 bits per heavy atom. The molecule has 0 rings (SSSR count). The van der Waals surface area contributed by atoms with Crippen LogP contribution in [0.4, 0.5) is 0 Å². The first kappa shape index (κ1) is 31.1. The third-order valence-corrected chi connectivity index (χ3v) is 8.47. The van der Waals surface area contributed by atoms with Crippen LogP contribution in [0, 0.1) is 0 Å². The van der Waals surface area contributed by atoms with Crippen molar-refractivity contribution in [3.05, 3.63) is 0 Å². The number of hydrogen-bond donors (Lipinski definition) is 0. The Balaban J connectivity index is 6.65. The van der Waals surface area contributed by atoms with Crippen LogP contribution in [-0.2, 0) is 37.9 Å². The van der Waals surface area contributed by atoms with E-state index in [9.17, 15) is 0 Å². The highest BCUT2D eigenvalue weighted by Gasteiger charge is 2.67. The van der Waals surface area contributed by atoms with Gasteiger partial charge < -0.3 is 37.9 Å². The minimum Gasteiger partial charge on any atom is -0.352 e. The summed E-state index contributed by atoms with van der Waals surface area (Å²) in [5.41, 5.74) is -2.38. The van der Waals surface area contributed by atoms with E-state index in [1.807, 2.05) is 6.92 Å². The number of likely N-dealkylation sites (N-methyl/N-ethyl adjacent to an activating group) is 1. The van der Waals surface area contributed by atoms with Crippen LogP contribution in [0.3, 0.4) is 0 Å². The topological polar surface area (TPSA) is 77.1 Å². The first-order valence-corrected chi connectivity index (χ1v) is 13.0. The van der Waals surface area contributed by atoms with Crippen LogP contribution >= 0.6 is 0 Å². The zero-order valence-corrected chi connectivity index (χ0v) is 25.7. The Labute approximate surface area is 195 Å². The highest BCUT2D eigenvalue weighted by molar-refractivity contribution is 6.14. The van der Waals surface area contributed by atoms with Crippen molar-refractivity contribution in [1.82, 2.24) is 4.90 Å². The number of hydrogen-bond acceptors (Lipinski definition) is 9. The van der Waals surface area contributed by atoms with Crippen LogP contribution in [0.2, 0.25) is 0 Å². The molecule has 0 bridgehead atoms. The zero-order chi connectivity index (χ0) is 24.2. The van der Waals surface area contributed by atoms with Gasteiger partial charge in [0.15, 0.2) is 0 Å². The summed E-state index contributed by atoms with van der Waals surface area (Å²) >= 11 is 0. The molecule has 0 heterocycles. The second-order valence-electron chi connectivity index (χ2n) is 7.43. The molecule has 0 amide bonds. The molecule has 0 fully saturated rings. The molecule has 0 N–H and O–H groups in total. The van der Waals surface area contributed by atoms with Crippen LogP contribution in [0.5, 0.6) is 0 Å². The van der Waals surface area contributed by atoms with Gasteiger partial charge in [0.1, 0.15) is 0 Å². The van der Waals surface area contributed by atoms with Gasteiger partial charge >= 0.3 is 0 Å². The minimum atomic E-state index is -1.50. The van der Waals surface area contributed by atoms with Crippen LogP contribution in [0.15, 0.2) is 0 Å². The van der Waals surface area contributed by atoms with Gasteiger partial charge in [-0.15, -0.1) is 0 Å². The summed E-state index contributed by atoms with van der Waals surface area (Å²) in [7, 11) is 10.2. The van der Waals surface area contributed by atoms with Gasteiger partial charge in [-0.3, -0.25) is 0 Å². The van der Waals surface area contributed by atoms with Crippen molar-refractivity contribution >= 4 is 20.5 Å². The maximum atomic E-state index is 6.24. The molecule has 2 atom stereocenters. The van der Waals surface area contributed by atoms with Gasteiger partial charge in [0, 0.05) is 62.4 Å². The molecular formula is C20H47NO8Si2. The monoisotopic (exact) mass is 485 g/mol. The summed E-state index contributed by atoms with van der Waals surface area (Å²) < 4.78 is 48.4. The molecule has 188 valence electrons. The molecule has 0 saturated carbocycles. The van der Waals surface area contributed by atoms with Crippen molar-refractivity contribution in [2.75, 3.05) is 62.4 Å². The van der Waals surface area contributed by atoms with Crippen molar-refractivity contribution < 1.29 is 37.9 Å². The maximum absolute atomic E-state index is 6.24. The maximum Gasteiger partial charge on any atom is 0.285 e. The van der Waals surface area contributed by atoms with E-state index in [0.717, 1.165) is 25.7 Å². The van der Waals surface area contributed by atoms with Gasteiger partial charge in [-0.1, -0.05) is 33.6 Å². The summed E-state index contributed by atoms with van der Waals surface area (Å²) in [5.74, 6) is -2.99. The fourth-order valence-corrected chi connectivity index (χ4v) is 5.59. The smallest absolute Gasteiger partial charge is 0.285 e. The van der Waals surface area contributed by atoms with Crippen LogP contribution in [0.25, 0.3) is 0 Å². The molecule has 0 aliphatic rings. The van der Waals surface area contributed by atoms with Crippen LogP contribution in [0.1, 0.15) is 46.5 Å². The van der Waals surface area contributed by atoms with E-state index in [2.05, 4.69) is 13.8 Å². The number of unbranched alkanes of at least 4 members (excludes halogenated alkanes) is 2. The predicted molar refractivity (Wildman–Crippen MR) is 127 cm³/mol. The van der Waals surface area contributed by atoms with Gasteiger partial charge in [-0.05, 0) is 12.8 Å². The van der Waals surface area contributed by atoms with Gasteiger partial charge in [-0.25, -0.2) is 0 Å². The third-order valence-electron chi connectivity index (χ3n) is 5.81. The van der Waals surface area contributed by atoms with E-state index in [-0.39, 0.29) is 0 Å². The second kappa shape index (κ2) is 14.4. The molecular weight excluding hydrogens is 438 g/mol. The lowest BCUT2D eigenvalue weighted by molar-refractivity contribution is -0.502. The average molecular weight is 486 g/mol. The first-order chi connectivity index (χ1) is 14.7. The lowest BCUT2D eigenvalue weighted by atomic mass is 10.2. The standard InChI is InChI=1S/C20H47NO8Si2/c1-10-13-15-28-19(30,26-8)17(22-4,23-5)21(12-3)18(24-6,25-7)20(31,27-9)29-16-14-11-2/h10-16H2,1-9,30-31H3. The molecule has 0 aliphatic heterocycles. The lowest BCUT2D eigenvalue weighted by Crippen LogP contribution is -2.80. The zero-order valence-electron chi connectivity index (χ0n) is 21.7. The van der Waals surface area contributed by atoms with Crippen LogP contribution in [-0.4, -0.2) is 110 Å². The van der Waals surface area contributed by atoms with Crippen molar-refractivity contribution in [1.29, 1.82) is 0 Å². The van der Waals surface area contributed by atoms with E-state index in [1.54, 1.807) is 47.6 Å².